The number of ether oxygens (including phenoxy) is 1. The van der Waals surface area contributed by atoms with Gasteiger partial charge in [-0.25, -0.2) is 0 Å². The fourth-order valence-corrected chi connectivity index (χ4v) is 0.910. The summed E-state index contributed by atoms with van der Waals surface area (Å²) in [6.45, 7) is 0.0532. The molecular formula is C10H8N2O. The van der Waals surface area contributed by atoms with Crippen LogP contribution in [0.5, 0.6) is 5.75 Å². The van der Waals surface area contributed by atoms with Crippen LogP contribution in [0.3, 0.4) is 0 Å². The van der Waals surface area contributed by atoms with Gasteiger partial charge in [0.25, 0.3) is 0 Å². The van der Waals surface area contributed by atoms with Crippen molar-refractivity contribution in [1.29, 1.82) is 10.5 Å². The zero-order valence-electron chi connectivity index (χ0n) is 7.03. The first kappa shape index (κ1) is 9.09. The van der Waals surface area contributed by atoms with E-state index in [2.05, 4.69) is 6.07 Å². The van der Waals surface area contributed by atoms with Crippen LogP contribution >= 0.6 is 0 Å². The number of nitrogens with zero attached hydrogens (tertiary/aromatic N) is 2. The molecule has 1 aromatic rings. The summed E-state index contributed by atoms with van der Waals surface area (Å²) in [5.41, 5.74) is 0.951. The van der Waals surface area contributed by atoms with Gasteiger partial charge in [0.05, 0.1) is 12.5 Å². The molecule has 0 fully saturated rings. The van der Waals surface area contributed by atoms with Gasteiger partial charge >= 0.3 is 0 Å². The standard InChI is InChI=1S/C10H8N2O/c11-6-5-9-1-3-10(4-2-9)13-8-7-12/h1-4H,5,8H2. The summed E-state index contributed by atoms with van der Waals surface area (Å²) in [4.78, 5) is 0. The Morgan fingerprint density at radius 3 is 2.31 bits per heavy atom. The first-order valence-electron chi connectivity index (χ1n) is 3.82. The Balaban J connectivity index is 2.61. The Labute approximate surface area is 76.8 Å². The minimum absolute atomic E-state index is 0.0532. The van der Waals surface area contributed by atoms with Crippen molar-refractivity contribution < 1.29 is 4.74 Å². The third-order valence-corrected chi connectivity index (χ3v) is 1.51. The number of rotatable bonds is 3. The molecule has 64 valence electrons. The van der Waals surface area contributed by atoms with Crippen molar-refractivity contribution in [3.05, 3.63) is 29.8 Å². The summed E-state index contributed by atoms with van der Waals surface area (Å²) in [6.07, 6.45) is 0.401. The molecule has 1 aromatic carbocycles. The molecule has 3 heteroatoms. The van der Waals surface area contributed by atoms with E-state index in [0.29, 0.717) is 12.2 Å². The molecule has 0 aromatic heterocycles. The van der Waals surface area contributed by atoms with Crippen LogP contribution in [0, 0.1) is 22.7 Å². The molecule has 0 heterocycles. The number of nitriles is 2. The van der Waals surface area contributed by atoms with Gasteiger partial charge in [0, 0.05) is 0 Å². The second kappa shape index (κ2) is 4.79. The van der Waals surface area contributed by atoms with Crippen LogP contribution in [-0.4, -0.2) is 6.61 Å². The predicted octanol–water partition coefficient (Wildman–Crippen LogP) is 1.66. The highest BCUT2D eigenvalue weighted by atomic mass is 16.5. The monoisotopic (exact) mass is 172 g/mol. The molecule has 0 aliphatic carbocycles. The van der Waals surface area contributed by atoms with Crippen molar-refractivity contribution >= 4 is 0 Å². The second-order valence-electron chi connectivity index (χ2n) is 2.43. The molecule has 13 heavy (non-hydrogen) atoms. The molecule has 0 unspecified atom stereocenters. The molecule has 0 amide bonds. The van der Waals surface area contributed by atoms with Gasteiger partial charge in [-0.15, -0.1) is 0 Å². The Hall–Kier alpha value is -2.00. The van der Waals surface area contributed by atoms with Crippen LogP contribution in [0.1, 0.15) is 5.56 Å². The molecule has 0 N–H and O–H groups in total. The summed E-state index contributed by atoms with van der Waals surface area (Å²) >= 11 is 0. The Bertz CT molecular complexity index is 343. The van der Waals surface area contributed by atoms with Crippen LogP contribution in [0.2, 0.25) is 0 Å². The van der Waals surface area contributed by atoms with E-state index in [1.165, 1.54) is 0 Å². The Morgan fingerprint density at radius 1 is 1.08 bits per heavy atom. The van der Waals surface area contributed by atoms with Crippen LogP contribution in [0.25, 0.3) is 0 Å². The van der Waals surface area contributed by atoms with E-state index < -0.39 is 0 Å². The van der Waals surface area contributed by atoms with E-state index in [1.54, 1.807) is 12.1 Å². The normalized spacial score (nSPS) is 8.46. The van der Waals surface area contributed by atoms with E-state index in [0.717, 1.165) is 5.56 Å². The quantitative estimate of drug-likeness (QED) is 0.696. The maximum absolute atomic E-state index is 8.41. The number of hydrogen-bond donors (Lipinski definition) is 0. The van der Waals surface area contributed by atoms with Crippen LogP contribution in [0.15, 0.2) is 24.3 Å². The van der Waals surface area contributed by atoms with Gasteiger partial charge in [-0.1, -0.05) is 12.1 Å². The van der Waals surface area contributed by atoms with Gasteiger partial charge < -0.3 is 4.74 Å². The van der Waals surface area contributed by atoms with Gasteiger partial charge in [0.2, 0.25) is 0 Å². The molecule has 3 nitrogen and oxygen atoms in total. The molecule has 0 aliphatic rings. The summed E-state index contributed by atoms with van der Waals surface area (Å²) < 4.78 is 5.04. The average Bonchev–Trinajstić information content (AvgIpc) is 2.17. The molecule has 0 aliphatic heterocycles. The van der Waals surface area contributed by atoms with Crippen LogP contribution in [-0.2, 0) is 6.42 Å². The minimum atomic E-state index is 0.0532. The SMILES string of the molecule is N#CCOc1ccc(CC#N)cc1. The maximum Gasteiger partial charge on any atom is 0.174 e. The van der Waals surface area contributed by atoms with Gasteiger partial charge in [0.15, 0.2) is 6.61 Å². The fourth-order valence-electron chi connectivity index (χ4n) is 0.910. The highest BCUT2D eigenvalue weighted by Gasteiger charge is 1.93. The van der Waals surface area contributed by atoms with Crippen molar-refractivity contribution in [3.8, 4) is 17.9 Å². The van der Waals surface area contributed by atoms with E-state index in [4.69, 9.17) is 15.3 Å². The molecule has 0 spiro atoms. The molecule has 0 atom stereocenters. The highest BCUT2D eigenvalue weighted by Crippen LogP contribution is 2.11. The smallest absolute Gasteiger partial charge is 0.174 e. The van der Waals surface area contributed by atoms with Crippen molar-refractivity contribution in [3.63, 3.8) is 0 Å². The predicted molar refractivity (Wildman–Crippen MR) is 46.9 cm³/mol. The largest absolute Gasteiger partial charge is 0.479 e. The van der Waals surface area contributed by atoms with Crippen molar-refractivity contribution in [2.24, 2.45) is 0 Å². The minimum Gasteiger partial charge on any atom is -0.479 e. The van der Waals surface area contributed by atoms with Crippen LogP contribution < -0.4 is 4.74 Å². The lowest BCUT2D eigenvalue weighted by Gasteiger charge is -2.00. The third kappa shape index (κ3) is 2.84. The van der Waals surface area contributed by atoms with Gasteiger partial charge in [0.1, 0.15) is 11.8 Å². The first-order chi connectivity index (χ1) is 6.36. The summed E-state index contributed by atoms with van der Waals surface area (Å²) in [5, 5.41) is 16.7. The lowest BCUT2D eigenvalue weighted by atomic mass is 10.2. The molecule has 0 saturated carbocycles. The van der Waals surface area contributed by atoms with Crippen molar-refractivity contribution in [2.75, 3.05) is 6.61 Å². The second-order valence-corrected chi connectivity index (χ2v) is 2.43. The van der Waals surface area contributed by atoms with E-state index in [1.807, 2.05) is 18.2 Å². The zero-order chi connectivity index (χ0) is 9.52. The van der Waals surface area contributed by atoms with E-state index in [9.17, 15) is 0 Å². The first-order valence-corrected chi connectivity index (χ1v) is 3.82. The third-order valence-electron chi connectivity index (χ3n) is 1.51. The summed E-state index contributed by atoms with van der Waals surface area (Å²) in [6, 6.07) is 11.1. The molecule has 0 radical (unpaired) electrons. The van der Waals surface area contributed by atoms with E-state index >= 15 is 0 Å². The fraction of sp³-hybridized carbons (Fsp3) is 0.200. The van der Waals surface area contributed by atoms with Gasteiger partial charge in [-0.05, 0) is 17.7 Å². The van der Waals surface area contributed by atoms with Crippen molar-refractivity contribution in [2.45, 2.75) is 6.42 Å². The summed E-state index contributed by atoms with van der Waals surface area (Å²) in [5.74, 6) is 0.656. The van der Waals surface area contributed by atoms with Gasteiger partial charge in [-0.3, -0.25) is 0 Å². The topological polar surface area (TPSA) is 56.8 Å². The Morgan fingerprint density at radius 2 is 1.77 bits per heavy atom. The maximum atomic E-state index is 8.41. The average molecular weight is 172 g/mol. The lowest BCUT2D eigenvalue weighted by Crippen LogP contribution is -1.93. The lowest BCUT2D eigenvalue weighted by molar-refractivity contribution is 0.368. The summed E-state index contributed by atoms with van der Waals surface area (Å²) in [7, 11) is 0. The molecular weight excluding hydrogens is 164 g/mol. The number of hydrogen-bond acceptors (Lipinski definition) is 3. The zero-order valence-corrected chi connectivity index (χ0v) is 7.03. The molecule has 0 bridgehead atoms. The van der Waals surface area contributed by atoms with Crippen LogP contribution in [0.4, 0.5) is 0 Å². The number of benzene rings is 1. The Kier molecular flexibility index (Phi) is 3.35. The van der Waals surface area contributed by atoms with E-state index in [-0.39, 0.29) is 6.61 Å². The van der Waals surface area contributed by atoms with Crippen molar-refractivity contribution in [1.82, 2.24) is 0 Å². The highest BCUT2D eigenvalue weighted by molar-refractivity contribution is 5.28. The molecule has 1 rings (SSSR count). The van der Waals surface area contributed by atoms with Gasteiger partial charge in [-0.2, -0.15) is 10.5 Å². The molecule has 0 saturated heterocycles.